The lowest BCUT2D eigenvalue weighted by molar-refractivity contribution is -0.383. The topological polar surface area (TPSA) is 65.3 Å². The third kappa shape index (κ3) is 3.00. The predicted molar refractivity (Wildman–Crippen MR) is 73.8 cm³/mol. The fraction of sp³-hybridized carbons (Fsp3) is 0.154. The molecule has 2 rings (SSSR count). The van der Waals surface area contributed by atoms with Gasteiger partial charge in [-0.3, -0.25) is 10.1 Å². The van der Waals surface area contributed by atoms with Crippen LogP contribution in [0.3, 0.4) is 0 Å². The van der Waals surface area contributed by atoms with Crippen LogP contribution in [0.4, 0.5) is 5.69 Å². The van der Waals surface area contributed by atoms with E-state index < -0.39 is 4.92 Å². The SMILES string of the molecule is O=[N+]([O-])c1ccc(OC/C=C/CCl)c2cccnc12. The van der Waals surface area contributed by atoms with Crippen molar-refractivity contribution in [2.24, 2.45) is 0 Å². The molecule has 0 N–H and O–H groups in total. The van der Waals surface area contributed by atoms with Gasteiger partial charge in [0, 0.05) is 23.5 Å². The Labute approximate surface area is 114 Å². The smallest absolute Gasteiger partial charge is 0.295 e. The van der Waals surface area contributed by atoms with Gasteiger partial charge in [-0.05, 0) is 18.2 Å². The highest BCUT2D eigenvalue weighted by atomic mass is 35.5. The Bertz CT molecular complexity index is 628. The number of nitro benzene ring substituents is 1. The molecule has 0 saturated heterocycles. The molecular weight excluding hydrogens is 268 g/mol. The van der Waals surface area contributed by atoms with Gasteiger partial charge >= 0.3 is 0 Å². The third-order valence-corrected chi connectivity index (χ3v) is 2.67. The van der Waals surface area contributed by atoms with E-state index >= 15 is 0 Å². The minimum atomic E-state index is -0.452. The van der Waals surface area contributed by atoms with Crippen LogP contribution in [0.5, 0.6) is 5.75 Å². The van der Waals surface area contributed by atoms with Crippen LogP contribution in [-0.2, 0) is 0 Å². The van der Waals surface area contributed by atoms with Crippen molar-refractivity contribution in [1.29, 1.82) is 0 Å². The summed E-state index contributed by atoms with van der Waals surface area (Å²) in [5.74, 6) is 0.985. The second-order valence-corrected chi connectivity index (χ2v) is 3.98. The molecule has 98 valence electrons. The van der Waals surface area contributed by atoms with E-state index in [1.807, 2.05) is 0 Å². The maximum atomic E-state index is 10.9. The van der Waals surface area contributed by atoms with Gasteiger partial charge in [-0.1, -0.05) is 12.2 Å². The van der Waals surface area contributed by atoms with Crippen molar-refractivity contribution in [2.75, 3.05) is 12.5 Å². The first-order chi connectivity index (χ1) is 9.24. The summed E-state index contributed by atoms with van der Waals surface area (Å²) in [4.78, 5) is 14.5. The quantitative estimate of drug-likeness (QED) is 0.364. The minimum absolute atomic E-state index is 0.0285. The van der Waals surface area contributed by atoms with Gasteiger partial charge in [0.05, 0.1) is 4.92 Å². The zero-order chi connectivity index (χ0) is 13.7. The Morgan fingerprint density at radius 1 is 1.37 bits per heavy atom. The lowest BCUT2D eigenvalue weighted by Gasteiger charge is -2.07. The number of aromatic nitrogens is 1. The van der Waals surface area contributed by atoms with Crippen LogP contribution < -0.4 is 4.74 Å². The first-order valence-electron chi connectivity index (χ1n) is 5.60. The van der Waals surface area contributed by atoms with Crippen LogP contribution >= 0.6 is 11.6 Å². The van der Waals surface area contributed by atoms with E-state index in [9.17, 15) is 10.1 Å². The average molecular weight is 279 g/mol. The summed E-state index contributed by atoms with van der Waals surface area (Å²) < 4.78 is 5.55. The van der Waals surface area contributed by atoms with Gasteiger partial charge in [0.25, 0.3) is 5.69 Å². The van der Waals surface area contributed by atoms with Gasteiger partial charge in [-0.2, -0.15) is 0 Å². The molecule has 0 bridgehead atoms. The van der Waals surface area contributed by atoms with E-state index in [2.05, 4.69) is 4.98 Å². The summed E-state index contributed by atoms with van der Waals surface area (Å²) in [6.45, 7) is 0.356. The maximum Gasteiger partial charge on any atom is 0.295 e. The number of hydrogen-bond donors (Lipinski definition) is 0. The Morgan fingerprint density at radius 3 is 2.95 bits per heavy atom. The largest absolute Gasteiger partial charge is 0.489 e. The highest BCUT2D eigenvalue weighted by Gasteiger charge is 2.15. The molecule has 0 radical (unpaired) electrons. The maximum absolute atomic E-state index is 10.9. The molecule has 0 spiro atoms. The number of pyridine rings is 1. The summed E-state index contributed by atoms with van der Waals surface area (Å²) in [5.41, 5.74) is 0.297. The fourth-order valence-corrected chi connectivity index (χ4v) is 1.80. The number of nitro groups is 1. The standard InChI is InChI=1S/C13H11ClN2O3/c14-7-1-2-9-19-12-6-5-11(16(17)18)13-10(12)4-3-8-15-13/h1-6,8H,7,9H2/b2-1+. The van der Waals surface area contributed by atoms with Crippen molar-refractivity contribution in [2.45, 2.75) is 0 Å². The second-order valence-electron chi connectivity index (χ2n) is 3.68. The first-order valence-corrected chi connectivity index (χ1v) is 6.13. The number of non-ortho nitro benzene ring substituents is 1. The van der Waals surface area contributed by atoms with Gasteiger partial charge < -0.3 is 4.74 Å². The Morgan fingerprint density at radius 2 is 2.21 bits per heavy atom. The molecule has 0 amide bonds. The molecule has 1 heterocycles. The van der Waals surface area contributed by atoms with Crippen LogP contribution in [0, 0.1) is 10.1 Å². The fourth-order valence-electron chi connectivity index (χ4n) is 1.67. The lowest BCUT2D eigenvalue weighted by atomic mass is 10.1. The highest BCUT2D eigenvalue weighted by molar-refractivity contribution is 6.18. The molecule has 2 aromatic rings. The van der Waals surface area contributed by atoms with Crippen molar-refractivity contribution in [3.63, 3.8) is 0 Å². The number of halogens is 1. The van der Waals surface area contributed by atoms with Gasteiger partial charge in [0.15, 0.2) is 5.52 Å². The van der Waals surface area contributed by atoms with Crippen LogP contribution in [0.1, 0.15) is 0 Å². The molecule has 1 aromatic heterocycles. The van der Waals surface area contributed by atoms with Crippen LogP contribution in [0.15, 0.2) is 42.6 Å². The summed E-state index contributed by atoms with van der Waals surface area (Å²) in [5, 5.41) is 11.5. The third-order valence-electron chi connectivity index (χ3n) is 2.50. The van der Waals surface area contributed by atoms with Crippen LogP contribution in [0.2, 0.25) is 0 Å². The summed E-state index contributed by atoms with van der Waals surface area (Å²) in [6, 6.07) is 6.44. The van der Waals surface area contributed by atoms with E-state index in [-0.39, 0.29) is 5.69 Å². The zero-order valence-electron chi connectivity index (χ0n) is 9.95. The van der Waals surface area contributed by atoms with Crippen LogP contribution in [-0.4, -0.2) is 22.4 Å². The van der Waals surface area contributed by atoms with Crippen LogP contribution in [0.25, 0.3) is 10.9 Å². The molecule has 0 fully saturated rings. The number of fused-ring (bicyclic) bond motifs is 1. The van der Waals surface area contributed by atoms with Crippen molar-refractivity contribution >= 4 is 28.2 Å². The molecule has 5 nitrogen and oxygen atoms in total. The van der Waals surface area contributed by atoms with Crippen molar-refractivity contribution in [1.82, 2.24) is 4.98 Å². The second kappa shape index (κ2) is 6.15. The molecule has 0 aliphatic heterocycles. The summed E-state index contributed by atoms with van der Waals surface area (Å²) >= 11 is 5.51. The minimum Gasteiger partial charge on any atom is -0.489 e. The molecule has 0 unspecified atom stereocenters. The van der Waals surface area contributed by atoms with E-state index in [0.29, 0.717) is 29.1 Å². The average Bonchev–Trinajstić information content (AvgIpc) is 2.43. The van der Waals surface area contributed by atoms with E-state index in [1.165, 1.54) is 12.3 Å². The molecule has 0 aliphatic rings. The number of hydrogen-bond acceptors (Lipinski definition) is 4. The molecule has 0 atom stereocenters. The van der Waals surface area contributed by atoms with Gasteiger partial charge in [0.1, 0.15) is 12.4 Å². The van der Waals surface area contributed by atoms with Crippen molar-refractivity contribution in [3.05, 3.63) is 52.7 Å². The van der Waals surface area contributed by atoms with E-state index in [4.69, 9.17) is 16.3 Å². The van der Waals surface area contributed by atoms with E-state index in [1.54, 1.807) is 30.4 Å². The molecule has 19 heavy (non-hydrogen) atoms. The number of benzene rings is 1. The molecule has 0 saturated carbocycles. The Hall–Kier alpha value is -2.14. The molecule has 6 heteroatoms. The summed E-state index contributed by atoms with van der Waals surface area (Å²) in [6.07, 6.45) is 5.08. The molecule has 1 aromatic carbocycles. The Kier molecular flexibility index (Phi) is 4.30. The van der Waals surface area contributed by atoms with Gasteiger partial charge in [-0.25, -0.2) is 4.98 Å². The predicted octanol–water partition coefficient (Wildman–Crippen LogP) is 3.32. The Balaban J connectivity index is 2.38. The normalized spacial score (nSPS) is 11.0. The first kappa shape index (κ1) is 13.3. The lowest BCUT2D eigenvalue weighted by Crippen LogP contribution is -1.97. The number of allylic oxidation sites excluding steroid dienone is 1. The van der Waals surface area contributed by atoms with Gasteiger partial charge in [-0.15, -0.1) is 11.6 Å². The van der Waals surface area contributed by atoms with Crippen molar-refractivity contribution in [3.8, 4) is 5.75 Å². The number of ether oxygens (including phenoxy) is 1. The number of rotatable bonds is 5. The van der Waals surface area contributed by atoms with Gasteiger partial charge in [0.2, 0.25) is 0 Å². The van der Waals surface area contributed by atoms with E-state index in [0.717, 1.165) is 0 Å². The zero-order valence-corrected chi connectivity index (χ0v) is 10.7. The molecular formula is C13H11ClN2O3. The monoisotopic (exact) mass is 278 g/mol. The number of nitrogens with zero attached hydrogens (tertiary/aromatic N) is 2. The summed E-state index contributed by atoms with van der Waals surface area (Å²) in [7, 11) is 0. The number of alkyl halides is 1. The highest BCUT2D eigenvalue weighted by Crippen LogP contribution is 2.31. The van der Waals surface area contributed by atoms with Crippen molar-refractivity contribution < 1.29 is 9.66 Å². The molecule has 0 aliphatic carbocycles.